The van der Waals surface area contributed by atoms with Gasteiger partial charge in [-0.25, -0.2) is 10.2 Å². The lowest BCUT2D eigenvalue weighted by Gasteiger charge is -2.33. The Labute approximate surface area is 71.5 Å². The van der Waals surface area contributed by atoms with Crippen LogP contribution in [0, 0.1) is 0 Å². The van der Waals surface area contributed by atoms with E-state index in [4.69, 9.17) is 0 Å². The topological polar surface area (TPSA) is 56.4 Å². The summed E-state index contributed by atoms with van der Waals surface area (Å²) < 4.78 is 0. The number of carbonyl (C=O) groups is 1. The average Bonchev–Trinajstić information content (AvgIpc) is 2.29. The van der Waals surface area contributed by atoms with Crippen LogP contribution in [0.1, 0.15) is 12.8 Å². The van der Waals surface area contributed by atoms with E-state index < -0.39 is 0 Å². The molecule has 2 heterocycles. The molecule has 2 rings (SSSR count). The molecule has 0 unspecified atom stereocenters. The number of amides is 2. The molecule has 2 saturated heterocycles. The van der Waals surface area contributed by atoms with E-state index in [-0.39, 0.29) is 11.7 Å². The van der Waals surface area contributed by atoms with Crippen LogP contribution >= 0.6 is 0 Å². The molecule has 1 spiro atoms. The van der Waals surface area contributed by atoms with Gasteiger partial charge in [0.25, 0.3) is 0 Å². The Morgan fingerprint density at radius 3 is 2.58 bits per heavy atom. The van der Waals surface area contributed by atoms with Crippen molar-refractivity contribution in [1.29, 1.82) is 0 Å². The second-order valence-electron chi connectivity index (χ2n) is 3.43. The predicted molar refractivity (Wildman–Crippen MR) is 44.3 cm³/mol. The molecule has 68 valence electrons. The standard InChI is InChI=1S/C7H14N4O/c1-11-6(12)9-7(10-11)2-4-8-5-3-7/h8,10H,2-5H2,1H3,(H,9,12). The van der Waals surface area contributed by atoms with Crippen LogP contribution in [-0.2, 0) is 0 Å². The lowest BCUT2D eigenvalue weighted by atomic mass is 10.00. The van der Waals surface area contributed by atoms with Crippen LogP contribution < -0.4 is 16.1 Å². The van der Waals surface area contributed by atoms with E-state index in [1.807, 2.05) is 0 Å². The van der Waals surface area contributed by atoms with E-state index >= 15 is 0 Å². The van der Waals surface area contributed by atoms with Crippen molar-refractivity contribution in [2.24, 2.45) is 0 Å². The summed E-state index contributed by atoms with van der Waals surface area (Å²) in [6.07, 6.45) is 1.90. The maximum Gasteiger partial charge on any atom is 0.333 e. The van der Waals surface area contributed by atoms with E-state index in [9.17, 15) is 4.79 Å². The number of carbonyl (C=O) groups excluding carboxylic acids is 1. The van der Waals surface area contributed by atoms with Gasteiger partial charge in [-0.1, -0.05) is 0 Å². The predicted octanol–water partition coefficient (Wildman–Crippen LogP) is -0.774. The van der Waals surface area contributed by atoms with Crippen LogP contribution in [-0.4, -0.2) is 36.8 Å². The molecule has 5 heteroatoms. The number of hydrazine groups is 1. The summed E-state index contributed by atoms with van der Waals surface area (Å²) in [4.78, 5) is 11.2. The number of nitrogens with zero attached hydrogens (tertiary/aromatic N) is 1. The van der Waals surface area contributed by atoms with Gasteiger partial charge < -0.3 is 10.6 Å². The van der Waals surface area contributed by atoms with Gasteiger partial charge >= 0.3 is 6.03 Å². The maximum atomic E-state index is 11.2. The molecule has 0 aromatic rings. The minimum Gasteiger partial charge on any atom is -0.317 e. The van der Waals surface area contributed by atoms with Crippen LogP contribution in [0.4, 0.5) is 4.79 Å². The number of nitrogens with one attached hydrogen (secondary N) is 3. The molecule has 0 saturated carbocycles. The average molecular weight is 170 g/mol. The first-order valence-electron chi connectivity index (χ1n) is 4.26. The van der Waals surface area contributed by atoms with Crippen LogP contribution in [0.2, 0.25) is 0 Å². The Morgan fingerprint density at radius 1 is 1.42 bits per heavy atom. The second kappa shape index (κ2) is 2.60. The van der Waals surface area contributed by atoms with Crippen molar-refractivity contribution >= 4 is 6.03 Å². The number of urea groups is 1. The van der Waals surface area contributed by atoms with Crippen molar-refractivity contribution in [2.75, 3.05) is 20.1 Å². The largest absolute Gasteiger partial charge is 0.333 e. The number of hydrogen-bond donors (Lipinski definition) is 3. The number of piperidine rings is 1. The molecule has 12 heavy (non-hydrogen) atoms. The first kappa shape index (κ1) is 7.82. The third kappa shape index (κ3) is 1.15. The van der Waals surface area contributed by atoms with Crippen molar-refractivity contribution in [1.82, 2.24) is 21.1 Å². The molecule has 0 atom stereocenters. The first-order valence-corrected chi connectivity index (χ1v) is 4.26. The van der Waals surface area contributed by atoms with Crippen LogP contribution in [0.5, 0.6) is 0 Å². The molecule has 3 N–H and O–H groups in total. The summed E-state index contributed by atoms with van der Waals surface area (Å²) in [7, 11) is 1.74. The zero-order chi connectivity index (χ0) is 8.60. The molecule has 0 radical (unpaired) electrons. The van der Waals surface area contributed by atoms with Crippen LogP contribution in [0.25, 0.3) is 0 Å². The molecule has 0 bridgehead atoms. The van der Waals surface area contributed by atoms with E-state index in [2.05, 4.69) is 16.1 Å². The van der Waals surface area contributed by atoms with Crippen molar-refractivity contribution in [3.05, 3.63) is 0 Å². The van der Waals surface area contributed by atoms with Gasteiger partial charge in [0.15, 0.2) is 0 Å². The summed E-state index contributed by atoms with van der Waals surface area (Å²) in [5.74, 6) is 0. The highest BCUT2D eigenvalue weighted by molar-refractivity contribution is 5.76. The Bertz CT molecular complexity index is 200. The van der Waals surface area contributed by atoms with Crippen molar-refractivity contribution in [3.63, 3.8) is 0 Å². The molecule has 0 aromatic heterocycles. The smallest absolute Gasteiger partial charge is 0.317 e. The third-order valence-electron chi connectivity index (χ3n) is 2.49. The summed E-state index contributed by atoms with van der Waals surface area (Å²) in [6, 6.07) is -0.0306. The quantitative estimate of drug-likeness (QED) is 0.447. The van der Waals surface area contributed by atoms with E-state index in [0.717, 1.165) is 25.9 Å². The summed E-state index contributed by atoms with van der Waals surface area (Å²) in [5.41, 5.74) is 2.98. The van der Waals surface area contributed by atoms with Crippen molar-refractivity contribution < 1.29 is 4.79 Å². The SMILES string of the molecule is CN1NC2(CCNCC2)NC1=O. The normalized spacial score (nSPS) is 27.8. The Balaban J connectivity index is 2.07. The molecular weight excluding hydrogens is 156 g/mol. The third-order valence-corrected chi connectivity index (χ3v) is 2.49. The van der Waals surface area contributed by atoms with E-state index in [1.54, 1.807) is 7.05 Å². The summed E-state index contributed by atoms with van der Waals surface area (Å²) in [5, 5.41) is 7.73. The Hall–Kier alpha value is -0.810. The fourth-order valence-electron chi connectivity index (χ4n) is 1.78. The number of rotatable bonds is 0. The molecule has 2 amide bonds. The Kier molecular flexibility index (Phi) is 1.69. The molecule has 0 aliphatic carbocycles. The Morgan fingerprint density at radius 2 is 2.08 bits per heavy atom. The fraction of sp³-hybridized carbons (Fsp3) is 0.857. The molecular formula is C7H14N4O. The van der Waals surface area contributed by atoms with Gasteiger partial charge in [0.05, 0.1) is 0 Å². The lowest BCUT2D eigenvalue weighted by molar-refractivity contribution is 0.180. The minimum atomic E-state index is -0.170. The van der Waals surface area contributed by atoms with Gasteiger partial charge in [-0.2, -0.15) is 0 Å². The maximum absolute atomic E-state index is 11.2. The van der Waals surface area contributed by atoms with Gasteiger partial charge in [-0.15, -0.1) is 0 Å². The monoisotopic (exact) mass is 170 g/mol. The molecule has 2 fully saturated rings. The van der Waals surface area contributed by atoms with Crippen molar-refractivity contribution in [3.8, 4) is 0 Å². The van der Waals surface area contributed by atoms with Gasteiger partial charge in [-0.3, -0.25) is 5.01 Å². The van der Waals surface area contributed by atoms with E-state index in [0.29, 0.717) is 0 Å². The second-order valence-corrected chi connectivity index (χ2v) is 3.43. The summed E-state index contributed by atoms with van der Waals surface area (Å²) >= 11 is 0. The highest BCUT2D eigenvalue weighted by Crippen LogP contribution is 2.19. The first-order chi connectivity index (χ1) is 5.72. The zero-order valence-corrected chi connectivity index (χ0v) is 7.18. The molecule has 0 aromatic carbocycles. The lowest BCUT2D eigenvalue weighted by Crippen LogP contribution is -2.56. The van der Waals surface area contributed by atoms with Crippen LogP contribution in [0.3, 0.4) is 0 Å². The van der Waals surface area contributed by atoms with Gasteiger partial charge in [0.2, 0.25) is 0 Å². The molecule has 2 aliphatic heterocycles. The minimum absolute atomic E-state index is 0.0306. The molecule has 2 aliphatic rings. The van der Waals surface area contributed by atoms with Crippen LogP contribution in [0.15, 0.2) is 0 Å². The van der Waals surface area contributed by atoms with Gasteiger partial charge in [-0.05, 0) is 25.9 Å². The zero-order valence-electron chi connectivity index (χ0n) is 7.18. The van der Waals surface area contributed by atoms with Gasteiger partial charge in [0, 0.05) is 7.05 Å². The highest BCUT2D eigenvalue weighted by Gasteiger charge is 2.40. The van der Waals surface area contributed by atoms with E-state index in [1.165, 1.54) is 5.01 Å². The van der Waals surface area contributed by atoms with Crippen molar-refractivity contribution in [2.45, 2.75) is 18.5 Å². The highest BCUT2D eigenvalue weighted by atomic mass is 16.2. The van der Waals surface area contributed by atoms with Gasteiger partial charge in [0.1, 0.15) is 5.66 Å². The number of hydrogen-bond acceptors (Lipinski definition) is 3. The fourth-order valence-corrected chi connectivity index (χ4v) is 1.78. The molecule has 5 nitrogen and oxygen atoms in total. The summed E-state index contributed by atoms with van der Waals surface area (Å²) in [6.45, 7) is 1.92.